The second kappa shape index (κ2) is 7.60. The van der Waals surface area contributed by atoms with Gasteiger partial charge in [-0.25, -0.2) is 0 Å². The van der Waals surface area contributed by atoms with Gasteiger partial charge in [0.2, 0.25) is 0 Å². The van der Waals surface area contributed by atoms with Crippen molar-refractivity contribution >= 4 is 44.9 Å². The average molecular weight is 430 g/mol. The van der Waals surface area contributed by atoms with Crippen LogP contribution in [0.2, 0.25) is 0 Å². The number of carbonyl (C=O) groups excluding carboxylic acids is 1. The van der Waals surface area contributed by atoms with E-state index in [-0.39, 0.29) is 11.9 Å². The number of carbonyl (C=O) groups is 1. The molecule has 0 bridgehead atoms. The number of thiocarbonyl (C=S) groups is 1. The fraction of sp³-hybridized carbons (Fsp3) is 0.200. The molecule has 0 fully saturated rings. The second-order valence-electron chi connectivity index (χ2n) is 6.40. The first-order valence-electron chi connectivity index (χ1n) is 8.27. The van der Waals surface area contributed by atoms with Crippen LogP contribution < -0.4 is 16.0 Å². The molecule has 3 N–H and O–H groups in total. The molecule has 0 saturated heterocycles. The van der Waals surface area contributed by atoms with Crippen molar-refractivity contribution in [2.24, 2.45) is 0 Å². The largest absolute Gasteiger partial charge is 0.351 e. The van der Waals surface area contributed by atoms with Gasteiger partial charge < -0.3 is 16.0 Å². The Morgan fingerprint density at radius 3 is 2.62 bits per heavy atom. The number of benzene rings is 2. The van der Waals surface area contributed by atoms with E-state index < -0.39 is 0 Å². The fourth-order valence-electron chi connectivity index (χ4n) is 3.07. The first kappa shape index (κ1) is 18.6. The van der Waals surface area contributed by atoms with Crippen LogP contribution in [0, 0.1) is 13.8 Å². The molecule has 0 aliphatic carbocycles. The van der Waals surface area contributed by atoms with Crippen LogP contribution >= 0.6 is 28.1 Å². The minimum Gasteiger partial charge on any atom is -0.351 e. The molecule has 1 aliphatic rings. The lowest BCUT2D eigenvalue weighted by Gasteiger charge is -2.30. The molecule has 1 amide bonds. The SMILES string of the molecule is CC1=C(C(=O)Nc2ccc(C)cc2C)[C@H](c2cccc(Br)c2)NC(=S)N1. The molecule has 0 radical (unpaired) electrons. The topological polar surface area (TPSA) is 53.2 Å². The molecule has 6 heteroatoms. The Morgan fingerprint density at radius 1 is 1.15 bits per heavy atom. The van der Waals surface area contributed by atoms with E-state index in [2.05, 4.69) is 37.9 Å². The summed E-state index contributed by atoms with van der Waals surface area (Å²) in [6.07, 6.45) is 0. The van der Waals surface area contributed by atoms with E-state index in [0.717, 1.165) is 32.5 Å². The van der Waals surface area contributed by atoms with Gasteiger partial charge in [-0.05, 0) is 62.3 Å². The maximum absolute atomic E-state index is 13.1. The molecule has 1 atom stereocenters. The maximum Gasteiger partial charge on any atom is 0.255 e. The van der Waals surface area contributed by atoms with Crippen molar-refractivity contribution in [3.05, 3.63) is 74.9 Å². The Balaban J connectivity index is 1.97. The lowest BCUT2D eigenvalue weighted by atomic mass is 9.95. The highest BCUT2D eigenvalue weighted by Gasteiger charge is 2.30. The zero-order chi connectivity index (χ0) is 18.8. The highest BCUT2D eigenvalue weighted by Crippen LogP contribution is 2.29. The van der Waals surface area contributed by atoms with E-state index in [4.69, 9.17) is 12.2 Å². The normalized spacial score (nSPS) is 16.8. The Kier molecular flexibility index (Phi) is 5.44. The van der Waals surface area contributed by atoms with Gasteiger partial charge in [0.1, 0.15) is 0 Å². The van der Waals surface area contributed by atoms with E-state index in [1.165, 1.54) is 0 Å². The van der Waals surface area contributed by atoms with Gasteiger partial charge in [-0.3, -0.25) is 4.79 Å². The molecule has 0 unspecified atom stereocenters. The number of hydrogen-bond donors (Lipinski definition) is 3. The van der Waals surface area contributed by atoms with Crippen molar-refractivity contribution in [1.29, 1.82) is 0 Å². The summed E-state index contributed by atoms with van der Waals surface area (Å²) in [7, 11) is 0. The average Bonchev–Trinajstić information content (AvgIpc) is 2.56. The maximum atomic E-state index is 13.1. The molecule has 4 nitrogen and oxygen atoms in total. The van der Waals surface area contributed by atoms with Gasteiger partial charge in [0, 0.05) is 15.9 Å². The monoisotopic (exact) mass is 429 g/mol. The van der Waals surface area contributed by atoms with Crippen LogP contribution in [0.3, 0.4) is 0 Å². The van der Waals surface area contributed by atoms with Crippen LogP contribution in [0.5, 0.6) is 0 Å². The zero-order valence-electron chi connectivity index (χ0n) is 14.8. The number of aryl methyl sites for hydroxylation is 2. The molecular formula is C20H20BrN3OS. The van der Waals surface area contributed by atoms with Gasteiger partial charge in [-0.2, -0.15) is 0 Å². The third kappa shape index (κ3) is 3.97. The molecule has 3 rings (SSSR count). The van der Waals surface area contributed by atoms with Gasteiger partial charge in [0.15, 0.2) is 5.11 Å². The summed E-state index contributed by atoms with van der Waals surface area (Å²) in [5, 5.41) is 9.82. The predicted molar refractivity (Wildman–Crippen MR) is 113 cm³/mol. The zero-order valence-corrected chi connectivity index (χ0v) is 17.2. The van der Waals surface area contributed by atoms with Gasteiger partial charge in [-0.15, -0.1) is 0 Å². The van der Waals surface area contributed by atoms with Crippen LogP contribution in [0.15, 0.2) is 58.2 Å². The Hall–Kier alpha value is -2.18. The summed E-state index contributed by atoms with van der Waals surface area (Å²) in [4.78, 5) is 13.1. The smallest absolute Gasteiger partial charge is 0.255 e. The van der Waals surface area contributed by atoms with E-state index in [9.17, 15) is 4.79 Å². The van der Waals surface area contributed by atoms with Crippen molar-refractivity contribution in [1.82, 2.24) is 10.6 Å². The standard InChI is InChI=1S/C20H20BrN3OS/c1-11-7-8-16(12(2)9-11)23-19(25)17-13(3)22-20(26)24-18(17)14-5-4-6-15(21)10-14/h4-10,18H,1-3H3,(H,23,25)(H2,22,24,26)/t18-/m0/s1. The highest BCUT2D eigenvalue weighted by atomic mass is 79.9. The number of nitrogens with one attached hydrogen (secondary N) is 3. The van der Waals surface area contributed by atoms with E-state index in [0.29, 0.717) is 10.7 Å². The molecule has 1 heterocycles. The molecule has 0 spiro atoms. The van der Waals surface area contributed by atoms with E-state index >= 15 is 0 Å². The molecule has 26 heavy (non-hydrogen) atoms. The number of amides is 1. The van der Waals surface area contributed by atoms with E-state index in [1.54, 1.807) is 0 Å². The van der Waals surface area contributed by atoms with Crippen LogP contribution in [-0.4, -0.2) is 11.0 Å². The molecule has 1 aliphatic heterocycles. The molecule has 0 aromatic heterocycles. The van der Waals surface area contributed by atoms with Gasteiger partial charge in [0.25, 0.3) is 5.91 Å². The number of halogens is 1. The quantitative estimate of drug-likeness (QED) is 0.628. The van der Waals surface area contributed by atoms with Crippen LogP contribution in [0.25, 0.3) is 0 Å². The third-order valence-corrected chi connectivity index (χ3v) is 5.04. The lowest BCUT2D eigenvalue weighted by Crippen LogP contribution is -2.45. The van der Waals surface area contributed by atoms with Crippen molar-refractivity contribution in [3.63, 3.8) is 0 Å². The summed E-state index contributed by atoms with van der Waals surface area (Å²) in [5.41, 5.74) is 5.34. The van der Waals surface area contributed by atoms with E-state index in [1.807, 2.05) is 57.2 Å². The highest BCUT2D eigenvalue weighted by molar-refractivity contribution is 9.10. The number of hydrogen-bond acceptors (Lipinski definition) is 2. The number of anilines is 1. The minimum atomic E-state index is -0.313. The summed E-state index contributed by atoms with van der Waals surface area (Å²) in [6, 6.07) is 13.5. The first-order chi connectivity index (χ1) is 12.3. The molecule has 2 aromatic carbocycles. The number of rotatable bonds is 3. The van der Waals surface area contributed by atoms with Crippen molar-refractivity contribution in [2.45, 2.75) is 26.8 Å². The summed E-state index contributed by atoms with van der Waals surface area (Å²) in [6.45, 7) is 5.89. The lowest BCUT2D eigenvalue weighted by molar-refractivity contribution is -0.113. The third-order valence-electron chi connectivity index (χ3n) is 4.33. The van der Waals surface area contributed by atoms with Gasteiger partial charge in [-0.1, -0.05) is 45.8 Å². The number of allylic oxidation sites excluding steroid dienone is 1. The molecule has 134 valence electrons. The van der Waals surface area contributed by atoms with Crippen LogP contribution in [0.4, 0.5) is 5.69 Å². The van der Waals surface area contributed by atoms with Crippen molar-refractivity contribution in [3.8, 4) is 0 Å². The van der Waals surface area contributed by atoms with Crippen LogP contribution in [-0.2, 0) is 4.79 Å². The summed E-state index contributed by atoms with van der Waals surface area (Å²) < 4.78 is 0.952. The van der Waals surface area contributed by atoms with Crippen molar-refractivity contribution in [2.75, 3.05) is 5.32 Å². The second-order valence-corrected chi connectivity index (χ2v) is 7.72. The fourth-order valence-corrected chi connectivity index (χ4v) is 3.76. The summed E-state index contributed by atoms with van der Waals surface area (Å²) >= 11 is 8.79. The Labute approximate surface area is 167 Å². The van der Waals surface area contributed by atoms with Crippen molar-refractivity contribution < 1.29 is 4.79 Å². The first-order valence-corrected chi connectivity index (χ1v) is 9.47. The molecular weight excluding hydrogens is 410 g/mol. The molecule has 0 saturated carbocycles. The Morgan fingerprint density at radius 2 is 1.92 bits per heavy atom. The Bertz CT molecular complexity index is 923. The van der Waals surface area contributed by atoms with Gasteiger partial charge >= 0.3 is 0 Å². The van der Waals surface area contributed by atoms with Gasteiger partial charge in [0.05, 0.1) is 11.6 Å². The minimum absolute atomic E-state index is 0.151. The van der Waals surface area contributed by atoms with Crippen LogP contribution in [0.1, 0.15) is 29.7 Å². The molecule has 2 aromatic rings. The summed E-state index contributed by atoms with van der Waals surface area (Å²) in [5.74, 6) is -0.151. The predicted octanol–water partition coefficient (Wildman–Crippen LogP) is 4.50.